The van der Waals surface area contributed by atoms with Crippen LogP contribution in [0, 0.1) is 0 Å². The van der Waals surface area contributed by atoms with Crippen LogP contribution < -0.4 is 0 Å². The number of carboxylic acid groups (broad SMARTS) is 1. The maximum atomic E-state index is 10.9. The molecule has 5 nitrogen and oxygen atoms in total. The van der Waals surface area contributed by atoms with E-state index in [1.165, 1.54) is 4.90 Å². The minimum Gasteiger partial charge on any atom is -0.465 e. The van der Waals surface area contributed by atoms with Crippen molar-refractivity contribution in [1.29, 1.82) is 0 Å². The summed E-state index contributed by atoms with van der Waals surface area (Å²) in [6.45, 7) is 1.16. The predicted octanol–water partition coefficient (Wildman–Crippen LogP) is 3.11. The van der Waals surface area contributed by atoms with Crippen molar-refractivity contribution in [2.75, 3.05) is 13.1 Å². The Morgan fingerprint density at radius 3 is 2.79 bits per heavy atom. The standard InChI is InChI=1S/C13H14BrN3O2/c14-10-1-2-12-9(7-10)8-15-17(12)11-3-5-16(6-4-11)13(18)19/h1-2,7-8,11H,3-6H2,(H,18,19). The number of piperidine rings is 1. The van der Waals surface area contributed by atoms with Gasteiger partial charge in [0, 0.05) is 22.9 Å². The molecule has 19 heavy (non-hydrogen) atoms. The molecule has 1 aromatic heterocycles. The summed E-state index contributed by atoms with van der Waals surface area (Å²) in [4.78, 5) is 12.4. The SMILES string of the molecule is O=C(O)N1CCC(n2ncc3cc(Br)ccc32)CC1. The molecule has 2 heterocycles. The van der Waals surface area contributed by atoms with Crippen molar-refractivity contribution >= 4 is 32.9 Å². The molecule has 1 aromatic carbocycles. The quantitative estimate of drug-likeness (QED) is 0.877. The third kappa shape index (κ3) is 2.32. The number of likely N-dealkylation sites (tertiary alicyclic amines) is 1. The molecule has 1 N–H and O–H groups in total. The highest BCUT2D eigenvalue weighted by atomic mass is 79.9. The van der Waals surface area contributed by atoms with E-state index in [0.29, 0.717) is 13.1 Å². The van der Waals surface area contributed by atoms with E-state index in [1.807, 2.05) is 23.0 Å². The van der Waals surface area contributed by atoms with Gasteiger partial charge in [-0.25, -0.2) is 4.79 Å². The van der Waals surface area contributed by atoms with Crippen LogP contribution in [0.5, 0.6) is 0 Å². The van der Waals surface area contributed by atoms with Crippen LogP contribution in [0.4, 0.5) is 4.79 Å². The molecule has 1 saturated heterocycles. The number of benzene rings is 1. The van der Waals surface area contributed by atoms with Gasteiger partial charge in [-0.05, 0) is 31.0 Å². The number of amides is 1. The molecular weight excluding hydrogens is 310 g/mol. The Morgan fingerprint density at radius 1 is 1.37 bits per heavy atom. The molecule has 0 saturated carbocycles. The third-order valence-corrected chi connectivity index (χ3v) is 4.13. The normalized spacial score (nSPS) is 17.0. The first-order valence-electron chi connectivity index (χ1n) is 6.26. The zero-order valence-electron chi connectivity index (χ0n) is 10.3. The number of rotatable bonds is 1. The van der Waals surface area contributed by atoms with Crippen LogP contribution in [0.2, 0.25) is 0 Å². The van der Waals surface area contributed by atoms with E-state index in [-0.39, 0.29) is 6.04 Å². The summed E-state index contributed by atoms with van der Waals surface area (Å²) in [5.41, 5.74) is 1.11. The predicted molar refractivity (Wildman–Crippen MR) is 75.3 cm³/mol. The van der Waals surface area contributed by atoms with E-state index < -0.39 is 6.09 Å². The van der Waals surface area contributed by atoms with Gasteiger partial charge in [0.25, 0.3) is 0 Å². The topological polar surface area (TPSA) is 58.4 Å². The minimum absolute atomic E-state index is 0.286. The van der Waals surface area contributed by atoms with Gasteiger partial charge in [-0.15, -0.1) is 0 Å². The lowest BCUT2D eigenvalue weighted by Gasteiger charge is -2.30. The molecule has 3 rings (SSSR count). The number of aromatic nitrogens is 2. The Hall–Kier alpha value is -1.56. The van der Waals surface area contributed by atoms with E-state index in [9.17, 15) is 4.79 Å². The molecule has 1 aliphatic rings. The molecule has 0 radical (unpaired) electrons. The van der Waals surface area contributed by atoms with Crippen LogP contribution in [-0.4, -0.2) is 39.0 Å². The van der Waals surface area contributed by atoms with Gasteiger partial charge in [-0.1, -0.05) is 15.9 Å². The van der Waals surface area contributed by atoms with E-state index in [1.54, 1.807) is 0 Å². The van der Waals surface area contributed by atoms with Gasteiger partial charge in [0.2, 0.25) is 0 Å². The molecule has 2 aromatic rings. The fourth-order valence-electron chi connectivity index (χ4n) is 2.62. The molecular formula is C13H14BrN3O2. The second-order valence-corrected chi connectivity index (χ2v) is 5.71. The molecule has 0 spiro atoms. The summed E-state index contributed by atoms with van der Waals surface area (Å²) in [5, 5.41) is 14.5. The number of halogens is 1. The van der Waals surface area contributed by atoms with Gasteiger partial charge in [0.1, 0.15) is 0 Å². The molecule has 1 amide bonds. The van der Waals surface area contributed by atoms with Crippen molar-refractivity contribution in [3.63, 3.8) is 0 Å². The highest BCUT2D eigenvalue weighted by molar-refractivity contribution is 9.10. The lowest BCUT2D eigenvalue weighted by molar-refractivity contribution is 0.124. The smallest absolute Gasteiger partial charge is 0.407 e. The number of hydrogen-bond donors (Lipinski definition) is 1. The number of fused-ring (bicyclic) bond motifs is 1. The number of nitrogens with zero attached hydrogens (tertiary/aromatic N) is 3. The Morgan fingerprint density at radius 2 is 2.11 bits per heavy atom. The monoisotopic (exact) mass is 323 g/mol. The fraction of sp³-hybridized carbons (Fsp3) is 0.385. The minimum atomic E-state index is -0.826. The molecule has 1 aliphatic heterocycles. The van der Waals surface area contributed by atoms with Gasteiger partial charge in [-0.3, -0.25) is 4.68 Å². The molecule has 0 atom stereocenters. The van der Waals surface area contributed by atoms with E-state index in [0.717, 1.165) is 28.2 Å². The lowest BCUT2D eigenvalue weighted by atomic mass is 10.1. The summed E-state index contributed by atoms with van der Waals surface area (Å²) in [6, 6.07) is 6.39. The van der Waals surface area contributed by atoms with Crippen molar-refractivity contribution in [3.8, 4) is 0 Å². The zero-order chi connectivity index (χ0) is 13.4. The van der Waals surface area contributed by atoms with Crippen LogP contribution in [0.25, 0.3) is 10.9 Å². The van der Waals surface area contributed by atoms with Crippen molar-refractivity contribution < 1.29 is 9.90 Å². The average molecular weight is 324 g/mol. The summed E-state index contributed by atoms with van der Waals surface area (Å²) in [7, 11) is 0. The molecule has 0 aliphatic carbocycles. The Bertz CT molecular complexity index is 617. The first-order valence-corrected chi connectivity index (χ1v) is 7.05. The molecule has 100 valence electrons. The van der Waals surface area contributed by atoms with Crippen LogP contribution in [0.3, 0.4) is 0 Å². The lowest BCUT2D eigenvalue weighted by Crippen LogP contribution is -2.38. The van der Waals surface area contributed by atoms with Crippen LogP contribution >= 0.6 is 15.9 Å². The van der Waals surface area contributed by atoms with Gasteiger partial charge in [-0.2, -0.15) is 5.10 Å². The van der Waals surface area contributed by atoms with E-state index in [2.05, 4.69) is 27.1 Å². The van der Waals surface area contributed by atoms with Crippen molar-refractivity contribution in [2.45, 2.75) is 18.9 Å². The number of carbonyl (C=O) groups is 1. The summed E-state index contributed by atoms with van der Waals surface area (Å²) >= 11 is 3.45. The first-order chi connectivity index (χ1) is 9.15. The molecule has 6 heteroatoms. The van der Waals surface area contributed by atoms with Crippen LogP contribution in [0.1, 0.15) is 18.9 Å². The first kappa shape index (κ1) is 12.5. The largest absolute Gasteiger partial charge is 0.465 e. The maximum absolute atomic E-state index is 10.9. The fourth-order valence-corrected chi connectivity index (χ4v) is 3.00. The van der Waals surface area contributed by atoms with Crippen molar-refractivity contribution in [1.82, 2.24) is 14.7 Å². The molecule has 0 bridgehead atoms. The Labute approximate surface area is 118 Å². The van der Waals surface area contributed by atoms with Crippen LogP contribution in [-0.2, 0) is 0 Å². The van der Waals surface area contributed by atoms with E-state index >= 15 is 0 Å². The second kappa shape index (κ2) is 4.85. The number of hydrogen-bond acceptors (Lipinski definition) is 2. The third-order valence-electron chi connectivity index (χ3n) is 3.64. The second-order valence-electron chi connectivity index (χ2n) is 4.79. The highest BCUT2D eigenvalue weighted by Gasteiger charge is 2.24. The van der Waals surface area contributed by atoms with Gasteiger partial charge < -0.3 is 10.0 Å². The van der Waals surface area contributed by atoms with Crippen molar-refractivity contribution in [3.05, 3.63) is 28.9 Å². The molecule has 0 unspecified atom stereocenters. The van der Waals surface area contributed by atoms with Gasteiger partial charge in [0.05, 0.1) is 17.8 Å². The summed E-state index contributed by atoms with van der Waals surface area (Å²) in [5.74, 6) is 0. The zero-order valence-corrected chi connectivity index (χ0v) is 11.9. The van der Waals surface area contributed by atoms with Gasteiger partial charge >= 0.3 is 6.09 Å². The van der Waals surface area contributed by atoms with E-state index in [4.69, 9.17) is 5.11 Å². The molecule has 1 fully saturated rings. The highest BCUT2D eigenvalue weighted by Crippen LogP contribution is 2.27. The van der Waals surface area contributed by atoms with Gasteiger partial charge in [0.15, 0.2) is 0 Å². The summed E-state index contributed by atoms with van der Waals surface area (Å²) < 4.78 is 3.07. The van der Waals surface area contributed by atoms with Crippen molar-refractivity contribution in [2.24, 2.45) is 0 Å². The Balaban J connectivity index is 1.84. The van der Waals surface area contributed by atoms with Crippen LogP contribution in [0.15, 0.2) is 28.9 Å². The maximum Gasteiger partial charge on any atom is 0.407 e. The average Bonchev–Trinajstić information content (AvgIpc) is 2.81. The summed E-state index contributed by atoms with van der Waals surface area (Å²) in [6.07, 6.45) is 2.68. The Kier molecular flexibility index (Phi) is 3.18.